The van der Waals surface area contributed by atoms with Crippen molar-refractivity contribution in [3.8, 4) is 0 Å². The van der Waals surface area contributed by atoms with Crippen LogP contribution in [0.1, 0.15) is 12.8 Å². The van der Waals surface area contributed by atoms with Gasteiger partial charge in [0.1, 0.15) is 0 Å². The molecule has 1 heterocycles. The van der Waals surface area contributed by atoms with E-state index < -0.39 is 0 Å². The minimum atomic E-state index is 0.108. The minimum Gasteiger partial charge on any atom is -0.353 e. The Hall–Kier alpha value is -0.610. The molecular weight excluding hydrogens is 166 g/mol. The summed E-state index contributed by atoms with van der Waals surface area (Å²) in [6, 6.07) is 0.108. The fourth-order valence-electron chi connectivity index (χ4n) is 1.67. The van der Waals surface area contributed by atoms with Crippen LogP contribution < -0.4 is 10.6 Å². The lowest BCUT2D eigenvalue weighted by Crippen LogP contribution is -2.43. The number of carbonyl (C=O) groups excluding carboxylic acids is 1. The molecule has 0 radical (unpaired) electrons. The van der Waals surface area contributed by atoms with Gasteiger partial charge < -0.3 is 10.6 Å². The van der Waals surface area contributed by atoms with Crippen molar-refractivity contribution in [2.75, 3.05) is 33.7 Å². The number of likely N-dealkylation sites (tertiary alicyclic amines) is 1. The third-order valence-electron chi connectivity index (χ3n) is 2.50. The van der Waals surface area contributed by atoms with E-state index in [0.717, 1.165) is 32.5 Å². The van der Waals surface area contributed by atoms with Crippen molar-refractivity contribution in [1.82, 2.24) is 15.5 Å². The lowest BCUT2D eigenvalue weighted by Gasteiger charge is -2.18. The van der Waals surface area contributed by atoms with Crippen LogP contribution in [0, 0.1) is 0 Å². The highest BCUT2D eigenvalue weighted by atomic mass is 16.2. The number of carbonyl (C=O) groups is 1. The van der Waals surface area contributed by atoms with Crippen molar-refractivity contribution in [3.05, 3.63) is 0 Å². The third kappa shape index (κ3) is 2.97. The van der Waals surface area contributed by atoms with Gasteiger partial charge in [-0.25, -0.2) is 0 Å². The Morgan fingerprint density at radius 1 is 1.54 bits per heavy atom. The molecule has 0 bridgehead atoms. The summed E-state index contributed by atoms with van der Waals surface area (Å²) in [4.78, 5) is 13.7. The number of nitrogens with zero attached hydrogens (tertiary/aromatic N) is 1. The standard InChI is InChI=1S/C9H19N3O/c1-10-5-6-11-9(13)8-4-3-7-12(8)2/h8,10H,3-7H2,1-2H3,(H,11,13)/t8-/m0/s1. The molecule has 1 aliphatic rings. The summed E-state index contributed by atoms with van der Waals surface area (Å²) in [7, 11) is 3.89. The predicted octanol–water partition coefficient (Wildman–Crippen LogP) is -0.584. The van der Waals surface area contributed by atoms with Crippen molar-refractivity contribution in [2.45, 2.75) is 18.9 Å². The van der Waals surface area contributed by atoms with Gasteiger partial charge in [-0.2, -0.15) is 0 Å². The van der Waals surface area contributed by atoms with Crippen LogP contribution in [-0.4, -0.2) is 50.6 Å². The first-order chi connectivity index (χ1) is 6.25. The highest BCUT2D eigenvalue weighted by molar-refractivity contribution is 5.81. The first kappa shape index (κ1) is 10.5. The van der Waals surface area contributed by atoms with Crippen LogP contribution in [0.5, 0.6) is 0 Å². The second-order valence-electron chi connectivity index (χ2n) is 3.53. The fourth-order valence-corrected chi connectivity index (χ4v) is 1.67. The van der Waals surface area contributed by atoms with Crippen LogP contribution in [0.2, 0.25) is 0 Å². The molecule has 4 heteroatoms. The van der Waals surface area contributed by atoms with Crippen molar-refractivity contribution < 1.29 is 4.79 Å². The molecule has 4 nitrogen and oxygen atoms in total. The van der Waals surface area contributed by atoms with E-state index in [1.807, 2.05) is 14.1 Å². The number of rotatable bonds is 4. The van der Waals surface area contributed by atoms with Crippen molar-refractivity contribution in [3.63, 3.8) is 0 Å². The average Bonchev–Trinajstić information content (AvgIpc) is 2.52. The Kier molecular flexibility index (Phi) is 4.18. The van der Waals surface area contributed by atoms with Gasteiger partial charge in [0.05, 0.1) is 6.04 Å². The molecule has 1 amide bonds. The second kappa shape index (κ2) is 5.19. The summed E-state index contributed by atoms with van der Waals surface area (Å²) in [6.45, 7) is 2.60. The lowest BCUT2D eigenvalue weighted by molar-refractivity contribution is -0.125. The maximum Gasteiger partial charge on any atom is 0.237 e. The summed E-state index contributed by atoms with van der Waals surface area (Å²) in [5, 5.41) is 5.91. The molecule has 13 heavy (non-hydrogen) atoms. The van der Waals surface area contributed by atoms with Crippen molar-refractivity contribution in [2.24, 2.45) is 0 Å². The Bertz CT molecular complexity index is 172. The summed E-state index contributed by atoms with van der Waals surface area (Å²) in [5.41, 5.74) is 0. The molecule has 1 saturated heterocycles. The largest absolute Gasteiger partial charge is 0.353 e. The van der Waals surface area contributed by atoms with Gasteiger partial charge in [-0.05, 0) is 33.5 Å². The van der Waals surface area contributed by atoms with Gasteiger partial charge in [0.2, 0.25) is 5.91 Å². The van der Waals surface area contributed by atoms with Gasteiger partial charge in [0.15, 0.2) is 0 Å². The highest BCUT2D eigenvalue weighted by Gasteiger charge is 2.26. The molecule has 0 aromatic rings. The average molecular weight is 185 g/mol. The van der Waals surface area contributed by atoms with Gasteiger partial charge >= 0.3 is 0 Å². The van der Waals surface area contributed by atoms with Gasteiger partial charge in [0, 0.05) is 13.1 Å². The van der Waals surface area contributed by atoms with Gasteiger partial charge in [0.25, 0.3) is 0 Å². The minimum absolute atomic E-state index is 0.108. The molecule has 1 fully saturated rings. The van der Waals surface area contributed by atoms with Gasteiger partial charge in [-0.1, -0.05) is 0 Å². The first-order valence-corrected chi connectivity index (χ1v) is 4.88. The lowest BCUT2D eigenvalue weighted by atomic mass is 10.2. The topological polar surface area (TPSA) is 44.4 Å². The maximum absolute atomic E-state index is 11.6. The molecule has 1 atom stereocenters. The van der Waals surface area contributed by atoms with E-state index >= 15 is 0 Å². The van der Waals surface area contributed by atoms with Crippen LogP contribution in [0.15, 0.2) is 0 Å². The van der Waals surface area contributed by atoms with E-state index in [4.69, 9.17) is 0 Å². The Morgan fingerprint density at radius 2 is 2.31 bits per heavy atom. The maximum atomic E-state index is 11.6. The second-order valence-corrected chi connectivity index (χ2v) is 3.53. The van der Waals surface area contributed by atoms with Crippen LogP contribution in [0.3, 0.4) is 0 Å². The molecule has 0 saturated carbocycles. The van der Waals surface area contributed by atoms with Gasteiger partial charge in [-0.3, -0.25) is 9.69 Å². The number of hydrogen-bond acceptors (Lipinski definition) is 3. The van der Waals surface area contributed by atoms with Crippen LogP contribution in [0.25, 0.3) is 0 Å². The molecule has 0 unspecified atom stereocenters. The number of nitrogens with one attached hydrogen (secondary N) is 2. The quantitative estimate of drug-likeness (QED) is 0.576. The van der Waals surface area contributed by atoms with Crippen molar-refractivity contribution >= 4 is 5.91 Å². The summed E-state index contributed by atoms with van der Waals surface area (Å²) < 4.78 is 0. The normalized spacial score (nSPS) is 23.4. The Morgan fingerprint density at radius 3 is 2.85 bits per heavy atom. The monoisotopic (exact) mass is 185 g/mol. The third-order valence-corrected chi connectivity index (χ3v) is 2.50. The zero-order valence-electron chi connectivity index (χ0n) is 8.47. The van der Waals surface area contributed by atoms with E-state index in [1.54, 1.807) is 0 Å². The van der Waals surface area contributed by atoms with Gasteiger partial charge in [-0.15, -0.1) is 0 Å². The van der Waals surface area contributed by atoms with Crippen LogP contribution in [0.4, 0.5) is 0 Å². The summed E-state index contributed by atoms with van der Waals surface area (Å²) in [5.74, 6) is 0.176. The van der Waals surface area contributed by atoms with E-state index in [1.165, 1.54) is 0 Å². The van der Waals surface area contributed by atoms with E-state index in [-0.39, 0.29) is 11.9 Å². The highest BCUT2D eigenvalue weighted by Crippen LogP contribution is 2.14. The summed E-state index contributed by atoms with van der Waals surface area (Å²) >= 11 is 0. The van der Waals surface area contributed by atoms with E-state index in [9.17, 15) is 4.79 Å². The first-order valence-electron chi connectivity index (χ1n) is 4.88. The number of amides is 1. The molecule has 2 N–H and O–H groups in total. The summed E-state index contributed by atoms with van der Waals surface area (Å²) in [6.07, 6.45) is 2.14. The fraction of sp³-hybridized carbons (Fsp3) is 0.889. The van der Waals surface area contributed by atoms with E-state index in [0.29, 0.717) is 0 Å². The SMILES string of the molecule is CNCCNC(=O)[C@@H]1CCCN1C. The molecule has 0 aromatic heterocycles. The molecule has 1 aliphatic heterocycles. The Labute approximate surface area is 79.7 Å². The molecule has 0 aromatic carbocycles. The molecule has 0 spiro atoms. The van der Waals surface area contributed by atoms with Crippen molar-refractivity contribution in [1.29, 1.82) is 0 Å². The smallest absolute Gasteiger partial charge is 0.237 e. The molecule has 76 valence electrons. The zero-order chi connectivity index (χ0) is 9.68. The van der Waals surface area contributed by atoms with E-state index in [2.05, 4.69) is 15.5 Å². The molecule has 0 aliphatic carbocycles. The van der Waals surface area contributed by atoms with Crippen LogP contribution >= 0.6 is 0 Å². The van der Waals surface area contributed by atoms with Crippen LogP contribution in [-0.2, 0) is 4.79 Å². The molecular formula is C9H19N3O. The number of likely N-dealkylation sites (N-methyl/N-ethyl adjacent to an activating group) is 2. The Balaban J connectivity index is 2.22. The number of hydrogen-bond donors (Lipinski definition) is 2. The zero-order valence-corrected chi connectivity index (χ0v) is 8.47. The molecule has 1 rings (SSSR count). The predicted molar refractivity (Wildman–Crippen MR) is 52.6 cm³/mol.